The van der Waals surface area contributed by atoms with Crippen molar-refractivity contribution >= 4 is 5.96 Å². The molecule has 0 saturated carbocycles. The second-order valence-electron chi connectivity index (χ2n) is 6.34. The van der Waals surface area contributed by atoms with Crippen molar-refractivity contribution in [2.24, 2.45) is 4.99 Å². The summed E-state index contributed by atoms with van der Waals surface area (Å²) in [5.74, 6) is 0.952. The summed E-state index contributed by atoms with van der Waals surface area (Å²) in [6.07, 6.45) is 1.76. The highest BCUT2D eigenvalue weighted by Gasteiger charge is 2.33. The highest BCUT2D eigenvalue weighted by atomic mass is 16.5. The van der Waals surface area contributed by atoms with Gasteiger partial charge in [0.05, 0.1) is 12.2 Å². The molecule has 0 aromatic rings. The van der Waals surface area contributed by atoms with E-state index in [0.717, 1.165) is 45.1 Å². The molecule has 2 atom stereocenters. The Bertz CT molecular complexity index is 319. The summed E-state index contributed by atoms with van der Waals surface area (Å²) >= 11 is 0. The first-order valence-electron chi connectivity index (χ1n) is 7.40. The Morgan fingerprint density at radius 3 is 2.63 bits per heavy atom. The molecule has 2 N–H and O–H groups in total. The summed E-state index contributed by atoms with van der Waals surface area (Å²) in [5, 5.41) is 6.75. The number of ether oxygens (including phenoxy) is 1. The number of aliphatic imine (C=N–C) groups is 1. The van der Waals surface area contributed by atoms with Crippen molar-refractivity contribution in [1.29, 1.82) is 0 Å². The molecule has 0 aliphatic carbocycles. The largest absolute Gasteiger partial charge is 0.373 e. The maximum Gasteiger partial charge on any atom is 0.191 e. The van der Waals surface area contributed by atoms with E-state index in [4.69, 9.17) is 4.74 Å². The van der Waals surface area contributed by atoms with Gasteiger partial charge in [-0.2, -0.15) is 0 Å². The molecule has 0 aromatic heterocycles. The van der Waals surface area contributed by atoms with Gasteiger partial charge in [-0.05, 0) is 34.1 Å². The van der Waals surface area contributed by atoms with Gasteiger partial charge in [-0.1, -0.05) is 0 Å². The molecule has 110 valence electrons. The lowest BCUT2D eigenvalue weighted by atomic mass is 10.00. The molecular formula is C14H28N4O. The molecule has 2 unspecified atom stereocenters. The van der Waals surface area contributed by atoms with E-state index in [1.165, 1.54) is 0 Å². The molecule has 1 fully saturated rings. The molecule has 0 spiro atoms. The summed E-state index contributed by atoms with van der Waals surface area (Å²) in [6.45, 7) is 13.7. The molecule has 0 aromatic carbocycles. The lowest BCUT2D eigenvalue weighted by Gasteiger charge is -2.45. The molecule has 2 rings (SSSR count). The van der Waals surface area contributed by atoms with E-state index in [9.17, 15) is 0 Å². The van der Waals surface area contributed by atoms with Crippen molar-refractivity contribution in [1.82, 2.24) is 15.5 Å². The standard InChI is InChI=1S/C14H28N4O/c1-11-8-18(9-12(2)19-11)14(3,4)10-17-13-15-6-5-7-16-13/h11-12H,5-10H2,1-4H3,(H2,15,16,17). The Morgan fingerprint density at radius 2 is 2.05 bits per heavy atom. The average Bonchev–Trinajstić information content (AvgIpc) is 2.37. The molecular weight excluding hydrogens is 240 g/mol. The smallest absolute Gasteiger partial charge is 0.191 e. The quantitative estimate of drug-likeness (QED) is 0.795. The third kappa shape index (κ3) is 4.08. The van der Waals surface area contributed by atoms with Gasteiger partial charge in [-0.3, -0.25) is 9.89 Å². The summed E-state index contributed by atoms with van der Waals surface area (Å²) in [4.78, 5) is 6.97. The van der Waals surface area contributed by atoms with Gasteiger partial charge in [0.25, 0.3) is 0 Å². The van der Waals surface area contributed by atoms with Crippen LogP contribution in [-0.2, 0) is 4.74 Å². The molecule has 0 radical (unpaired) electrons. The van der Waals surface area contributed by atoms with Crippen molar-refractivity contribution in [2.45, 2.75) is 51.9 Å². The van der Waals surface area contributed by atoms with E-state index in [2.05, 4.69) is 48.2 Å². The van der Waals surface area contributed by atoms with Crippen LogP contribution in [0.2, 0.25) is 0 Å². The van der Waals surface area contributed by atoms with Crippen LogP contribution in [0.1, 0.15) is 34.1 Å². The maximum absolute atomic E-state index is 5.81. The molecule has 2 aliphatic rings. The summed E-state index contributed by atoms with van der Waals surface area (Å²) in [7, 11) is 0. The van der Waals surface area contributed by atoms with Gasteiger partial charge in [0, 0.05) is 38.3 Å². The first-order valence-corrected chi connectivity index (χ1v) is 7.40. The summed E-state index contributed by atoms with van der Waals surface area (Å²) in [5.41, 5.74) is 0.105. The summed E-state index contributed by atoms with van der Waals surface area (Å²) < 4.78 is 5.81. The number of nitrogens with zero attached hydrogens (tertiary/aromatic N) is 2. The minimum atomic E-state index is 0.105. The highest BCUT2D eigenvalue weighted by Crippen LogP contribution is 2.20. The minimum absolute atomic E-state index is 0.105. The van der Waals surface area contributed by atoms with Crippen molar-refractivity contribution in [3.63, 3.8) is 0 Å². The van der Waals surface area contributed by atoms with Gasteiger partial charge < -0.3 is 15.4 Å². The first-order chi connectivity index (χ1) is 8.97. The van der Waals surface area contributed by atoms with Crippen LogP contribution in [0.4, 0.5) is 0 Å². The molecule has 2 heterocycles. The Labute approximate surface area is 116 Å². The third-order valence-corrected chi connectivity index (χ3v) is 3.86. The van der Waals surface area contributed by atoms with E-state index in [1.807, 2.05) is 0 Å². The van der Waals surface area contributed by atoms with Crippen molar-refractivity contribution in [3.8, 4) is 0 Å². The van der Waals surface area contributed by atoms with Crippen LogP contribution in [0.15, 0.2) is 4.99 Å². The number of hydrogen-bond acceptors (Lipinski definition) is 5. The van der Waals surface area contributed by atoms with Gasteiger partial charge in [-0.15, -0.1) is 0 Å². The third-order valence-electron chi connectivity index (χ3n) is 3.86. The Morgan fingerprint density at radius 1 is 1.37 bits per heavy atom. The van der Waals surface area contributed by atoms with Gasteiger partial charge in [-0.25, -0.2) is 0 Å². The molecule has 0 amide bonds. The summed E-state index contributed by atoms with van der Waals surface area (Å²) in [6, 6.07) is 0. The van der Waals surface area contributed by atoms with E-state index in [-0.39, 0.29) is 5.54 Å². The van der Waals surface area contributed by atoms with Crippen LogP contribution in [-0.4, -0.2) is 61.3 Å². The van der Waals surface area contributed by atoms with Crippen LogP contribution in [0, 0.1) is 0 Å². The lowest BCUT2D eigenvalue weighted by molar-refractivity contribution is -0.0946. The van der Waals surface area contributed by atoms with Crippen LogP contribution < -0.4 is 10.6 Å². The van der Waals surface area contributed by atoms with Gasteiger partial charge in [0.15, 0.2) is 5.96 Å². The lowest BCUT2D eigenvalue weighted by Crippen LogP contribution is -2.59. The first kappa shape index (κ1) is 14.6. The topological polar surface area (TPSA) is 48.9 Å². The number of rotatable bonds is 3. The van der Waals surface area contributed by atoms with E-state index >= 15 is 0 Å². The van der Waals surface area contributed by atoms with Crippen molar-refractivity contribution in [3.05, 3.63) is 0 Å². The van der Waals surface area contributed by atoms with Crippen LogP contribution >= 0.6 is 0 Å². The highest BCUT2D eigenvalue weighted by molar-refractivity contribution is 5.80. The second-order valence-corrected chi connectivity index (χ2v) is 6.34. The molecule has 5 heteroatoms. The Hall–Kier alpha value is -0.810. The Kier molecular flexibility index (Phi) is 4.68. The second kappa shape index (κ2) is 6.09. The van der Waals surface area contributed by atoms with Crippen LogP contribution in [0.5, 0.6) is 0 Å². The Balaban J connectivity index is 1.87. The van der Waals surface area contributed by atoms with Gasteiger partial charge in [0.2, 0.25) is 0 Å². The van der Waals surface area contributed by atoms with Gasteiger partial charge in [0.1, 0.15) is 0 Å². The number of guanidine groups is 1. The molecule has 19 heavy (non-hydrogen) atoms. The normalized spacial score (nSPS) is 29.6. The zero-order valence-electron chi connectivity index (χ0n) is 12.7. The fourth-order valence-electron chi connectivity index (χ4n) is 2.73. The van der Waals surface area contributed by atoms with E-state index in [0.29, 0.717) is 12.2 Å². The van der Waals surface area contributed by atoms with E-state index < -0.39 is 0 Å². The van der Waals surface area contributed by atoms with Crippen LogP contribution in [0.3, 0.4) is 0 Å². The molecule has 1 saturated heterocycles. The monoisotopic (exact) mass is 268 g/mol. The molecule has 5 nitrogen and oxygen atoms in total. The van der Waals surface area contributed by atoms with Crippen molar-refractivity contribution < 1.29 is 4.74 Å². The van der Waals surface area contributed by atoms with Crippen LogP contribution in [0.25, 0.3) is 0 Å². The number of nitrogens with one attached hydrogen (secondary N) is 2. The number of morpholine rings is 1. The zero-order valence-corrected chi connectivity index (χ0v) is 12.7. The predicted molar refractivity (Wildman–Crippen MR) is 78.6 cm³/mol. The van der Waals surface area contributed by atoms with Crippen molar-refractivity contribution in [2.75, 3.05) is 32.7 Å². The fraction of sp³-hybridized carbons (Fsp3) is 0.929. The van der Waals surface area contributed by atoms with Gasteiger partial charge >= 0.3 is 0 Å². The fourth-order valence-corrected chi connectivity index (χ4v) is 2.73. The SMILES string of the molecule is CC1CN(C(C)(C)CNC2=NCCCN2)CC(C)O1. The number of hydrogen-bond donors (Lipinski definition) is 2. The molecule has 2 aliphatic heterocycles. The molecule has 0 bridgehead atoms. The average molecular weight is 268 g/mol. The maximum atomic E-state index is 5.81. The zero-order chi connectivity index (χ0) is 13.9. The minimum Gasteiger partial charge on any atom is -0.373 e. The predicted octanol–water partition coefficient (Wildman–Crippen LogP) is 0.813. The van der Waals surface area contributed by atoms with E-state index in [1.54, 1.807) is 0 Å².